The number of carbonyl (C=O) groups is 12. The molecule has 12 amide bonds. The molecule has 3 aromatic carbocycles. The molecule has 0 radical (unpaired) electrons. The monoisotopic (exact) mass is 1440 g/mol. The van der Waals surface area contributed by atoms with Crippen LogP contribution in [-0.2, 0) is 76.8 Å². The lowest BCUT2D eigenvalue weighted by Crippen LogP contribution is -2.61. The first kappa shape index (κ1) is 78.7. The Morgan fingerprint density at radius 3 is 1.68 bits per heavy atom. The molecule has 24 nitrogen and oxygen atoms in total. The van der Waals surface area contributed by atoms with E-state index in [1.807, 2.05) is 77.9 Å². The van der Waals surface area contributed by atoms with E-state index in [0.29, 0.717) is 49.0 Å². The predicted molar refractivity (Wildman–Crippen MR) is 374 cm³/mol. The van der Waals surface area contributed by atoms with E-state index < -0.39 is 151 Å². The second kappa shape index (κ2) is 37.0. The molecule has 1 unspecified atom stereocenters. The van der Waals surface area contributed by atoms with E-state index in [0.717, 1.165) is 30.3 Å². The van der Waals surface area contributed by atoms with Crippen molar-refractivity contribution in [1.29, 1.82) is 0 Å². The molecule has 0 aromatic heterocycles. The zero-order valence-electron chi connectivity index (χ0n) is 58.8. The molecule has 0 saturated carbocycles. The van der Waals surface area contributed by atoms with Gasteiger partial charge in [-0.25, -0.2) is 0 Å². The van der Waals surface area contributed by atoms with E-state index in [1.165, 1.54) is 75.9 Å². The fraction of sp³-hybridized carbons (Fsp3) is 0.577. The first-order valence-electron chi connectivity index (χ1n) is 33.3. The number of carbonyl (C=O) groups excluding carboxylic acids is 12. The predicted octanol–water partition coefficient (Wildman–Crippen LogP) is 3.82. The van der Waals surface area contributed by atoms with Crippen molar-refractivity contribution >= 4 is 93.5 Å². The Balaban J connectivity index is 1.62. The van der Waals surface area contributed by atoms with Crippen LogP contribution in [0.15, 0.2) is 78.9 Å². The molecule has 25 heteroatoms. The normalized spacial score (nSPS) is 23.9. The van der Waals surface area contributed by atoms with Gasteiger partial charge in [0.1, 0.15) is 48.3 Å². The molecular formula is C71H103IN12O12. The van der Waals surface area contributed by atoms with Gasteiger partial charge < -0.3 is 60.5 Å². The average molecular weight is 1440 g/mol. The van der Waals surface area contributed by atoms with Crippen molar-refractivity contribution in [2.75, 3.05) is 82.1 Å². The number of hydrogen-bond donors (Lipinski definition) is 4. The maximum atomic E-state index is 15.3. The standard InChI is InChI=1S/C71H103IN12O12/c1-16-47(7)63-71(96)79(11)42-61(87)77(9)43-62(88)81(13)57(39-50-30-28-46(6)29-31-50)69(94)78(10)41-59(85)74-53(37-51-26-23-27-52(72)36-51)64(89)73-48(8)67(92)82(14)56(38-49-24-19-17-20-25-49)65(90)75-54(34-44(2)3)68(93)83(15)58(70(95)84-32-21-18-22-33-84)40-60(86)80(12)55(35-45(4)5)66(91)76-63/h17,19-20,23-31,36,44-45,47-48,53-58,63H,16,18,21-22,32-35,37-43H2,1-15H3,(H,73,89)(H,74,85)(H,75,90)(H,76,91)/t47-,48-,53-,54-,55-,56-,57-,58?,63-/m0/s1. The van der Waals surface area contributed by atoms with Gasteiger partial charge in [-0.2, -0.15) is 0 Å². The van der Waals surface area contributed by atoms with Crippen LogP contribution in [0.2, 0.25) is 0 Å². The van der Waals surface area contributed by atoms with Crippen molar-refractivity contribution in [3.8, 4) is 0 Å². The van der Waals surface area contributed by atoms with Crippen LogP contribution in [0.3, 0.4) is 0 Å². The zero-order chi connectivity index (χ0) is 71.4. The lowest BCUT2D eigenvalue weighted by molar-refractivity contribution is -0.151. The van der Waals surface area contributed by atoms with Crippen molar-refractivity contribution in [1.82, 2.24) is 60.5 Å². The molecule has 2 fully saturated rings. The van der Waals surface area contributed by atoms with Gasteiger partial charge in [-0.15, -0.1) is 0 Å². The number of amides is 12. The number of halogens is 1. The van der Waals surface area contributed by atoms with Crippen LogP contribution < -0.4 is 21.3 Å². The van der Waals surface area contributed by atoms with Gasteiger partial charge in [0.2, 0.25) is 70.9 Å². The maximum Gasteiger partial charge on any atom is 0.245 e. The molecule has 526 valence electrons. The summed E-state index contributed by atoms with van der Waals surface area (Å²) < 4.78 is 0.843. The molecule has 2 heterocycles. The molecule has 5 rings (SSSR count). The van der Waals surface area contributed by atoms with E-state index in [1.54, 1.807) is 54.3 Å². The highest BCUT2D eigenvalue weighted by Crippen LogP contribution is 2.23. The first-order chi connectivity index (χ1) is 45.2. The lowest BCUT2D eigenvalue weighted by atomic mass is 9.95. The summed E-state index contributed by atoms with van der Waals surface area (Å²) in [5, 5.41) is 11.4. The van der Waals surface area contributed by atoms with Crippen molar-refractivity contribution in [2.24, 2.45) is 17.8 Å². The number of aryl methyl sites for hydroxylation is 1. The van der Waals surface area contributed by atoms with Crippen molar-refractivity contribution in [3.63, 3.8) is 0 Å². The summed E-state index contributed by atoms with van der Waals surface area (Å²) in [6, 6.07) is 13.3. The highest BCUT2D eigenvalue weighted by Gasteiger charge is 2.42. The van der Waals surface area contributed by atoms with Crippen LogP contribution in [0.4, 0.5) is 0 Å². The lowest BCUT2D eigenvalue weighted by Gasteiger charge is -2.38. The average Bonchev–Trinajstić information content (AvgIpc) is 0.845. The van der Waals surface area contributed by atoms with Crippen LogP contribution in [0.1, 0.15) is 116 Å². The van der Waals surface area contributed by atoms with Crippen molar-refractivity contribution in [2.45, 2.75) is 168 Å². The molecular weight excluding hydrogens is 1340 g/mol. The van der Waals surface area contributed by atoms with Gasteiger partial charge in [0.15, 0.2) is 0 Å². The minimum absolute atomic E-state index is 0.00570. The van der Waals surface area contributed by atoms with E-state index >= 15 is 9.59 Å². The third-order valence-corrected chi connectivity index (χ3v) is 18.9. The zero-order valence-corrected chi connectivity index (χ0v) is 61.0. The molecule has 96 heavy (non-hydrogen) atoms. The Morgan fingerprint density at radius 1 is 0.510 bits per heavy atom. The molecule has 2 saturated heterocycles. The SMILES string of the molecule is CC[C@H](C)[C@@H]1NC(=O)[C@H](CC(C)C)N(C)C(=O)CC(C(=O)N2CCCCC2)N(C)C(=O)[C@H](CC(C)C)NC(=O)[C@H](Cc2ccccc2)N(C)C(=O)[C@H](C)NC(=O)[C@H](Cc2cccc(I)c2)NC(=O)CN(C)C(=O)[C@H](Cc2ccc(C)cc2)N(C)C(=O)CN(C)C(=O)CN(C)C1=O. The number of benzene rings is 3. The van der Waals surface area contributed by atoms with Gasteiger partial charge in [0.05, 0.1) is 26.1 Å². The van der Waals surface area contributed by atoms with Gasteiger partial charge >= 0.3 is 0 Å². The molecule has 0 spiro atoms. The van der Waals surface area contributed by atoms with E-state index in [4.69, 9.17) is 0 Å². The third-order valence-electron chi connectivity index (χ3n) is 18.2. The van der Waals surface area contributed by atoms with E-state index in [9.17, 15) is 47.9 Å². The number of hydrogen-bond acceptors (Lipinski definition) is 12. The van der Waals surface area contributed by atoms with Gasteiger partial charge in [-0.05, 0) is 115 Å². The van der Waals surface area contributed by atoms with E-state index in [2.05, 4.69) is 43.9 Å². The number of piperidine rings is 1. The van der Waals surface area contributed by atoms with E-state index in [-0.39, 0.29) is 43.9 Å². The summed E-state index contributed by atoms with van der Waals surface area (Å²) in [5.74, 6) is -8.88. The first-order valence-corrected chi connectivity index (χ1v) is 34.4. The van der Waals surface area contributed by atoms with Crippen LogP contribution in [0.25, 0.3) is 0 Å². The Bertz CT molecular complexity index is 3220. The Labute approximate surface area is 580 Å². The second-order valence-corrected chi connectivity index (χ2v) is 28.2. The molecule has 2 aliphatic heterocycles. The maximum absolute atomic E-state index is 15.3. The fourth-order valence-corrected chi connectivity index (χ4v) is 12.5. The summed E-state index contributed by atoms with van der Waals surface area (Å²) in [6.07, 6.45) is 2.23. The summed E-state index contributed by atoms with van der Waals surface area (Å²) in [7, 11) is 9.84. The van der Waals surface area contributed by atoms with Crippen LogP contribution >= 0.6 is 22.6 Å². The van der Waals surface area contributed by atoms with Gasteiger partial charge in [-0.1, -0.05) is 120 Å². The van der Waals surface area contributed by atoms with Crippen LogP contribution in [-0.4, -0.2) is 240 Å². The molecule has 2 aliphatic rings. The fourth-order valence-electron chi connectivity index (χ4n) is 11.9. The molecule has 0 bridgehead atoms. The van der Waals surface area contributed by atoms with Gasteiger partial charge in [0, 0.05) is 85.3 Å². The minimum Gasteiger partial charge on any atom is -0.343 e. The largest absolute Gasteiger partial charge is 0.343 e. The topological polar surface area (TPSA) is 279 Å². The smallest absolute Gasteiger partial charge is 0.245 e. The van der Waals surface area contributed by atoms with Gasteiger partial charge in [0.25, 0.3) is 0 Å². The number of rotatable bonds is 13. The quantitative estimate of drug-likeness (QED) is 0.178. The number of nitrogens with zero attached hydrogens (tertiary/aromatic N) is 8. The Morgan fingerprint density at radius 2 is 1.07 bits per heavy atom. The molecule has 3 aromatic rings. The number of nitrogens with one attached hydrogen (secondary N) is 4. The highest BCUT2D eigenvalue weighted by molar-refractivity contribution is 14.1. The summed E-state index contributed by atoms with van der Waals surface area (Å²) in [5.41, 5.74) is 2.96. The van der Waals surface area contributed by atoms with Crippen molar-refractivity contribution in [3.05, 3.63) is 105 Å². The highest BCUT2D eigenvalue weighted by atomic mass is 127. The Hall–Kier alpha value is -7.97. The number of likely N-dealkylation sites (N-methyl/N-ethyl adjacent to an activating group) is 7. The Kier molecular flexibility index (Phi) is 30.3. The second-order valence-electron chi connectivity index (χ2n) is 27.0. The van der Waals surface area contributed by atoms with Gasteiger partial charge in [-0.3, -0.25) is 57.5 Å². The number of likely N-dealkylation sites (tertiary alicyclic amines) is 1. The third kappa shape index (κ3) is 22.6. The van der Waals surface area contributed by atoms with Crippen LogP contribution in [0, 0.1) is 28.2 Å². The molecule has 9 atom stereocenters. The summed E-state index contributed by atoms with van der Waals surface area (Å²) in [4.78, 5) is 186. The molecule has 0 aliphatic carbocycles. The van der Waals surface area contributed by atoms with Crippen LogP contribution in [0.5, 0.6) is 0 Å². The summed E-state index contributed by atoms with van der Waals surface area (Å²) >= 11 is 2.13. The summed E-state index contributed by atoms with van der Waals surface area (Å²) in [6.45, 7) is 13.5. The minimum atomic E-state index is -1.41. The molecule has 4 N–H and O–H groups in total. The van der Waals surface area contributed by atoms with Crippen molar-refractivity contribution < 1.29 is 57.5 Å².